The Bertz CT molecular complexity index is 568. The summed E-state index contributed by atoms with van der Waals surface area (Å²) in [6.45, 7) is 1.95. The normalized spacial score (nSPS) is 28.3. The summed E-state index contributed by atoms with van der Waals surface area (Å²) in [5.41, 5.74) is 1.77. The highest BCUT2D eigenvalue weighted by Crippen LogP contribution is 2.40. The molecule has 3 rings (SSSR count). The van der Waals surface area contributed by atoms with Gasteiger partial charge in [0.15, 0.2) is 0 Å². The number of ketones is 1. The largest absolute Gasteiger partial charge is 0.326 e. The maximum absolute atomic E-state index is 12.5. The fourth-order valence-electron chi connectivity index (χ4n) is 3.66. The van der Waals surface area contributed by atoms with E-state index in [9.17, 15) is 9.59 Å². The number of benzene rings is 1. The molecular formula is C17H20ClNO2. The highest BCUT2D eigenvalue weighted by molar-refractivity contribution is 6.31. The lowest BCUT2D eigenvalue weighted by molar-refractivity contribution is -0.136. The first kappa shape index (κ1) is 14.6. The second kappa shape index (κ2) is 5.80. The third-order valence-corrected chi connectivity index (χ3v) is 5.11. The molecule has 1 aromatic rings. The SMILES string of the molecule is Cc1ccc(Cl)cc1NC(=O)C1CC2CCCC(C1)C2=O. The minimum atomic E-state index is -0.0450. The second-order valence-electron chi connectivity index (χ2n) is 6.34. The van der Waals surface area contributed by atoms with E-state index in [-0.39, 0.29) is 23.7 Å². The fourth-order valence-corrected chi connectivity index (χ4v) is 3.83. The molecule has 1 N–H and O–H groups in total. The summed E-state index contributed by atoms with van der Waals surface area (Å²) in [4.78, 5) is 24.6. The van der Waals surface area contributed by atoms with Crippen LogP contribution in [-0.4, -0.2) is 11.7 Å². The first-order valence-electron chi connectivity index (χ1n) is 7.65. The van der Waals surface area contributed by atoms with Gasteiger partial charge in [0.1, 0.15) is 5.78 Å². The summed E-state index contributed by atoms with van der Waals surface area (Å²) in [7, 11) is 0. The standard InChI is InChI=1S/C17H20ClNO2/c1-10-5-6-14(18)9-15(10)19-17(21)13-7-11-3-2-4-12(8-13)16(11)20/h5-6,9,11-13H,2-4,7-8H2,1H3,(H,19,21). The van der Waals surface area contributed by atoms with Crippen molar-refractivity contribution in [2.45, 2.75) is 39.0 Å². The number of halogens is 1. The number of hydrogen-bond donors (Lipinski definition) is 1. The van der Waals surface area contributed by atoms with Gasteiger partial charge in [0, 0.05) is 28.5 Å². The summed E-state index contributed by atoms with van der Waals surface area (Å²) in [6, 6.07) is 5.50. The first-order chi connectivity index (χ1) is 10.0. The summed E-state index contributed by atoms with van der Waals surface area (Å²) in [5, 5.41) is 3.61. The maximum atomic E-state index is 12.5. The molecule has 2 aliphatic rings. The first-order valence-corrected chi connectivity index (χ1v) is 8.03. The molecule has 3 nitrogen and oxygen atoms in total. The number of nitrogens with one attached hydrogen (secondary N) is 1. The van der Waals surface area contributed by atoms with Crippen molar-refractivity contribution < 1.29 is 9.59 Å². The average Bonchev–Trinajstić information content (AvgIpc) is 2.42. The topological polar surface area (TPSA) is 46.2 Å². The van der Waals surface area contributed by atoms with Gasteiger partial charge in [-0.05, 0) is 50.3 Å². The lowest BCUT2D eigenvalue weighted by atomic mass is 9.67. The van der Waals surface area contributed by atoms with Gasteiger partial charge in [0.25, 0.3) is 0 Å². The number of amides is 1. The molecular weight excluding hydrogens is 286 g/mol. The van der Waals surface area contributed by atoms with E-state index >= 15 is 0 Å². The van der Waals surface area contributed by atoms with Crippen molar-refractivity contribution in [3.05, 3.63) is 28.8 Å². The number of carbonyl (C=O) groups excluding carboxylic acids is 2. The smallest absolute Gasteiger partial charge is 0.227 e. The summed E-state index contributed by atoms with van der Waals surface area (Å²) in [6.07, 6.45) is 4.45. The van der Waals surface area contributed by atoms with E-state index in [4.69, 9.17) is 11.6 Å². The summed E-state index contributed by atoms with van der Waals surface area (Å²) >= 11 is 5.99. The van der Waals surface area contributed by atoms with Gasteiger partial charge in [-0.2, -0.15) is 0 Å². The van der Waals surface area contributed by atoms with Gasteiger partial charge < -0.3 is 5.32 Å². The van der Waals surface area contributed by atoms with Crippen molar-refractivity contribution in [2.24, 2.45) is 17.8 Å². The molecule has 2 fully saturated rings. The number of aryl methyl sites for hydroxylation is 1. The molecule has 0 radical (unpaired) electrons. The van der Waals surface area contributed by atoms with E-state index in [0.717, 1.165) is 30.5 Å². The van der Waals surface area contributed by atoms with Gasteiger partial charge in [0.2, 0.25) is 5.91 Å². The highest BCUT2D eigenvalue weighted by atomic mass is 35.5. The van der Waals surface area contributed by atoms with E-state index in [1.165, 1.54) is 0 Å². The molecule has 2 atom stereocenters. The van der Waals surface area contributed by atoms with Crippen LogP contribution in [0.2, 0.25) is 5.02 Å². The monoisotopic (exact) mass is 305 g/mol. The minimum absolute atomic E-state index is 0.0322. The van der Waals surface area contributed by atoms with Crippen LogP contribution in [0.15, 0.2) is 18.2 Å². The second-order valence-corrected chi connectivity index (χ2v) is 6.78. The Morgan fingerprint density at radius 3 is 2.57 bits per heavy atom. The number of anilines is 1. The van der Waals surface area contributed by atoms with E-state index in [1.54, 1.807) is 6.07 Å². The fraction of sp³-hybridized carbons (Fsp3) is 0.529. The van der Waals surface area contributed by atoms with Crippen molar-refractivity contribution in [3.63, 3.8) is 0 Å². The van der Waals surface area contributed by atoms with Gasteiger partial charge in [-0.15, -0.1) is 0 Å². The summed E-state index contributed by atoms with van der Waals surface area (Å²) in [5.74, 6) is 0.591. The van der Waals surface area contributed by atoms with Gasteiger partial charge in [0.05, 0.1) is 0 Å². The van der Waals surface area contributed by atoms with Crippen molar-refractivity contribution in [1.29, 1.82) is 0 Å². The van der Waals surface area contributed by atoms with Gasteiger partial charge >= 0.3 is 0 Å². The lowest BCUT2D eigenvalue weighted by Gasteiger charge is -2.37. The van der Waals surface area contributed by atoms with Gasteiger partial charge in [-0.25, -0.2) is 0 Å². The predicted octanol–water partition coefficient (Wildman–Crippen LogP) is 3.98. The van der Waals surface area contributed by atoms with Crippen LogP contribution in [0, 0.1) is 24.7 Å². The van der Waals surface area contributed by atoms with Gasteiger partial charge in [-0.1, -0.05) is 24.1 Å². The molecule has 0 aliphatic heterocycles. The molecule has 21 heavy (non-hydrogen) atoms. The van der Waals surface area contributed by atoms with E-state index < -0.39 is 0 Å². The third kappa shape index (κ3) is 2.98. The zero-order valence-corrected chi connectivity index (χ0v) is 13.0. The maximum Gasteiger partial charge on any atom is 0.227 e. The molecule has 2 saturated carbocycles. The van der Waals surface area contributed by atoms with Gasteiger partial charge in [-0.3, -0.25) is 9.59 Å². The number of Topliss-reactive ketones (excluding diaryl/α,β-unsaturated/α-hetero) is 1. The van der Waals surface area contributed by atoms with Crippen molar-refractivity contribution >= 4 is 29.0 Å². The Hall–Kier alpha value is -1.35. The van der Waals surface area contributed by atoms with Crippen LogP contribution in [0.3, 0.4) is 0 Å². The molecule has 2 unspecified atom stereocenters. The lowest BCUT2D eigenvalue weighted by Crippen LogP contribution is -2.40. The Morgan fingerprint density at radius 2 is 1.90 bits per heavy atom. The van der Waals surface area contributed by atoms with Crippen molar-refractivity contribution in [2.75, 3.05) is 5.32 Å². The summed E-state index contributed by atoms with van der Waals surface area (Å²) < 4.78 is 0. The molecule has 0 aromatic heterocycles. The molecule has 4 heteroatoms. The molecule has 1 aromatic carbocycles. The number of rotatable bonds is 2. The molecule has 112 valence electrons. The number of fused-ring (bicyclic) bond motifs is 2. The Morgan fingerprint density at radius 1 is 1.24 bits per heavy atom. The van der Waals surface area contributed by atoms with E-state index in [2.05, 4.69) is 5.32 Å². The quantitative estimate of drug-likeness (QED) is 0.898. The third-order valence-electron chi connectivity index (χ3n) is 4.88. The van der Waals surface area contributed by atoms with E-state index in [1.807, 2.05) is 19.1 Å². The molecule has 0 heterocycles. The van der Waals surface area contributed by atoms with Crippen LogP contribution in [0.4, 0.5) is 5.69 Å². The van der Waals surface area contributed by atoms with Crippen molar-refractivity contribution in [3.8, 4) is 0 Å². The predicted molar refractivity (Wildman–Crippen MR) is 83.4 cm³/mol. The van der Waals surface area contributed by atoms with Crippen LogP contribution < -0.4 is 5.32 Å². The highest BCUT2D eigenvalue weighted by Gasteiger charge is 2.41. The van der Waals surface area contributed by atoms with Crippen LogP contribution in [0.5, 0.6) is 0 Å². The number of hydrogen-bond acceptors (Lipinski definition) is 2. The molecule has 1 amide bonds. The van der Waals surface area contributed by atoms with Crippen molar-refractivity contribution in [1.82, 2.24) is 0 Å². The zero-order valence-electron chi connectivity index (χ0n) is 12.2. The molecule has 0 spiro atoms. The van der Waals surface area contributed by atoms with Crippen LogP contribution in [0.1, 0.15) is 37.7 Å². The number of carbonyl (C=O) groups is 2. The minimum Gasteiger partial charge on any atom is -0.326 e. The van der Waals surface area contributed by atoms with E-state index in [0.29, 0.717) is 23.6 Å². The Labute approximate surface area is 130 Å². The molecule has 0 saturated heterocycles. The molecule has 2 bridgehead atoms. The average molecular weight is 306 g/mol. The van der Waals surface area contributed by atoms with Crippen LogP contribution in [-0.2, 0) is 9.59 Å². The molecule has 2 aliphatic carbocycles. The Balaban J connectivity index is 1.71. The van der Waals surface area contributed by atoms with Crippen LogP contribution in [0.25, 0.3) is 0 Å². The zero-order chi connectivity index (χ0) is 15.0. The van der Waals surface area contributed by atoms with Crippen LogP contribution >= 0.6 is 11.6 Å². The Kier molecular flexibility index (Phi) is 4.03.